The lowest BCUT2D eigenvalue weighted by atomic mass is 9.81. The van der Waals surface area contributed by atoms with Crippen LogP contribution in [0.3, 0.4) is 0 Å². The van der Waals surface area contributed by atoms with Crippen molar-refractivity contribution in [3.63, 3.8) is 0 Å². The van der Waals surface area contributed by atoms with E-state index in [-0.39, 0.29) is 17.8 Å². The molecular weight excluding hydrogens is 402 g/mol. The number of nitrogens with one attached hydrogen (secondary N) is 1. The van der Waals surface area contributed by atoms with Gasteiger partial charge >= 0.3 is 0 Å². The van der Waals surface area contributed by atoms with Crippen LogP contribution >= 0.6 is 0 Å². The molecule has 178 valence electrons. The molecule has 5 heteroatoms. The zero-order chi connectivity index (χ0) is 23.2. The van der Waals surface area contributed by atoms with E-state index in [1.807, 2.05) is 0 Å². The molecule has 0 radical (unpaired) electrons. The third-order valence-corrected chi connectivity index (χ3v) is 6.03. The molecule has 0 aromatic heterocycles. The van der Waals surface area contributed by atoms with Gasteiger partial charge in [0.15, 0.2) is 0 Å². The molecule has 0 saturated carbocycles. The Labute approximate surface area is 193 Å². The fourth-order valence-electron chi connectivity index (χ4n) is 3.86. The molecule has 0 aliphatic carbocycles. The van der Waals surface area contributed by atoms with Gasteiger partial charge < -0.3 is 25.4 Å². The Kier molecular flexibility index (Phi) is 11.7. The van der Waals surface area contributed by atoms with E-state index >= 15 is 0 Å². The van der Waals surface area contributed by atoms with E-state index in [2.05, 4.69) is 49.5 Å². The number of phenols is 1. The number of ether oxygens (including phenoxy) is 1. The van der Waals surface area contributed by atoms with Crippen molar-refractivity contribution in [1.29, 1.82) is 0 Å². The van der Waals surface area contributed by atoms with E-state index in [9.17, 15) is 15.3 Å². The van der Waals surface area contributed by atoms with Crippen molar-refractivity contribution in [3.05, 3.63) is 65.2 Å². The molecule has 2 aromatic rings. The second kappa shape index (κ2) is 14.3. The summed E-state index contributed by atoms with van der Waals surface area (Å²) in [5.41, 5.74) is 2.71. The van der Waals surface area contributed by atoms with Crippen molar-refractivity contribution < 1.29 is 20.1 Å². The highest BCUT2D eigenvalue weighted by atomic mass is 16.5. The van der Waals surface area contributed by atoms with E-state index in [1.165, 1.54) is 11.6 Å². The molecule has 5 nitrogen and oxygen atoms in total. The zero-order valence-corrected chi connectivity index (χ0v) is 19.7. The molecule has 2 rings (SSSR count). The van der Waals surface area contributed by atoms with Crippen molar-refractivity contribution in [2.24, 2.45) is 0 Å². The highest BCUT2D eigenvalue weighted by Crippen LogP contribution is 2.28. The second-order valence-electron chi connectivity index (χ2n) is 9.15. The Bertz CT molecular complexity index is 764. The zero-order valence-electron chi connectivity index (χ0n) is 19.7. The molecule has 0 saturated heterocycles. The molecule has 0 fully saturated rings. The lowest BCUT2D eigenvalue weighted by Crippen LogP contribution is -2.22. The van der Waals surface area contributed by atoms with Crippen LogP contribution in [0, 0.1) is 0 Å². The first kappa shape index (κ1) is 26.3. The molecule has 1 unspecified atom stereocenters. The van der Waals surface area contributed by atoms with Crippen LogP contribution in [0.5, 0.6) is 5.75 Å². The van der Waals surface area contributed by atoms with Gasteiger partial charge in [-0.15, -0.1) is 0 Å². The van der Waals surface area contributed by atoms with Gasteiger partial charge in [-0.1, -0.05) is 63.1 Å². The molecule has 1 atom stereocenters. The van der Waals surface area contributed by atoms with Crippen LogP contribution in [-0.2, 0) is 16.8 Å². The number of aliphatic hydroxyl groups excluding tert-OH is 2. The number of benzene rings is 2. The lowest BCUT2D eigenvalue weighted by Gasteiger charge is -2.25. The van der Waals surface area contributed by atoms with Gasteiger partial charge in [0.25, 0.3) is 0 Å². The number of unbranched alkanes of at least 4 members (excludes halogenated alkanes) is 3. The summed E-state index contributed by atoms with van der Waals surface area (Å²) >= 11 is 0. The molecule has 32 heavy (non-hydrogen) atoms. The van der Waals surface area contributed by atoms with Crippen LogP contribution in [0.2, 0.25) is 0 Å². The third-order valence-electron chi connectivity index (χ3n) is 6.03. The summed E-state index contributed by atoms with van der Waals surface area (Å²) in [6.07, 6.45) is 5.99. The minimum absolute atomic E-state index is 0.0522. The van der Waals surface area contributed by atoms with Crippen molar-refractivity contribution >= 4 is 0 Å². The quantitative estimate of drug-likeness (QED) is 0.279. The highest BCUT2D eigenvalue weighted by Gasteiger charge is 2.19. The minimum atomic E-state index is -0.652. The molecule has 2 aromatic carbocycles. The average Bonchev–Trinajstić information content (AvgIpc) is 2.80. The fraction of sp³-hybridized carbons (Fsp3) is 0.556. The Hall–Kier alpha value is -1.92. The SMILES string of the molecule is CC(C)(CCCOCCCCCCNCC(O)c1ccc(O)c(CO)c1)c1ccccc1. The van der Waals surface area contributed by atoms with Gasteiger partial charge in [-0.2, -0.15) is 0 Å². The number of hydrogen-bond donors (Lipinski definition) is 4. The number of aromatic hydroxyl groups is 1. The van der Waals surface area contributed by atoms with Gasteiger partial charge in [0.05, 0.1) is 12.7 Å². The van der Waals surface area contributed by atoms with Crippen LogP contribution in [0.1, 0.15) is 75.2 Å². The summed E-state index contributed by atoms with van der Waals surface area (Å²) in [6.45, 7) is 7.32. The molecule has 0 spiro atoms. The van der Waals surface area contributed by atoms with Gasteiger partial charge in [0.1, 0.15) is 5.75 Å². The molecule has 4 N–H and O–H groups in total. The molecular formula is C27H41NO4. The van der Waals surface area contributed by atoms with Crippen LogP contribution in [0.15, 0.2) is 48.5 Å². The lowest BCUT2D eigenvalue weighted by molar-refractivity contribution is 0.122. The average molecular weight is 444 g/mol. The predicted octanol–water partition coefficient (Wildman–Crippen LogP) is 4.84. The van der Waals surface area contributed by atoms with E-state index in [0.717, 1.165) is 58.3 Å². The first-order chi connectivity index (χ1) is 15.4. The Morgan fingerprint density at radius 2 is 1.66 bits per heavy atom. The molecule has 0 aliphatic rings. The summed E-state index contributed by atoms with van der Waals surface area (Å²) in [5.74, 6) is 0.0522. The van der Waals surface area contributed by atoms with Crippen LogP contribution < -0.4 is 5.32 Å². The Morgan fingerprint density at radius 3 is 2.41 bits per heavy atom. The number of hydrogen-bond acceptors (Lipinski definition) is 5. The number of rotatable bonds is 16. The summed E-state index contributed by atoms with van der Waals surface area (Å²) in [6, 6.07) is 15.5. The topological polar surface area (TPSA) is 82.0 Å². The van der Waals surface area contributed by atoms with E-state index in [4.69, 9.17) is 4.74 Å². The second-order valence-corrected chi connectivity index (χ2v) is 9.15. The maximum absolute atomic E-state index is 10.2. The first-order valence-corrected chi connectivity index (χ1v) is 11.9. The van der Waals surface area contributed by atoms with Gasteiger partial charge in [0, 0.05) is 25.3 Å². The van der Waals surface area contributed by atoms with E-state index in [1.54, 1.807) is 12.1 Å². The molecule has 0 aliphatic heterocycles. The van der Waals surface area contributed by atoms with Crippen molar-refractivity contribution in [3.8, 4) is 5.75 Å². The van der Waals surface area contributed by atoms with Crippen LogP contribution in [0.4, 0.5) is 0 Å². The maximum Gasteiger partial charge on any atom is 0.121 e. The summed E-state index contributed by atoms with van der Waals surface area (Å²) in [5, 5.41) is 32.3. The minimum Gasteiger partial charge on any atom is -0.508 e. The van der Waals surface area contributed by atoms with E-state index in [0.29, 0.717) is 17.7 Å². The Balaban J connectivity index is 1.44. The van der Waals surface area contributed by atoms with Crippen molar-refractivity contribution in [2.45, 2.75) is 70.5 Å². The maximum atomic E-state index is 10.2. The van der Waals surface area contributed by atoms with Gasteiger partial charge in [0.2, 0.25) is 0 Å². The van der Waals surface area contributed by atoms with E-state index < -0.39 is 6.10 Å². The normalized spacial score (nSPS) is 12.8. The predicted molar refractivity (Wildman–Crippen MR) is 130 cm³/mol. The summed E-state index contributed by atoms with van der Waals surface area (Å²) < 4.78 is 5.82. The van der Waals surface area contributed by atoms with Gasteiger partial charge in [-0.3, -0.25) is 0 Å². The number of aliphatic hydroxyl groups is 2. The molecule has 0 heterocycles. The monoisotopic (exact) mass is 443 g/mol. The van der Waals surface area contributed by atoms with Crippen LogP contribution in [-0.4, -0.2) is 41.6 Å². The summed E-state index contributed by atoms with van der Waals surface area (Å²) in [7, 11) is 0. The van der Waals surface area contributed by atoms with Crippen molar-refractivity contribution in [2.75, 3.05) is 26.3 Å². The van der Waals surface area contributed by atoms with Crippen molar-refractivity contribution in [1.82, 2.24) is 5.32 Å². The molecule has 0 bridgehead atoms. The standard InChI is InChI=1S/C27H41NO4/c1-27(2,24-11-6-5-7-12-24)15-10-18-32-17-9-4-3-8-16-28-20-26(31)22-13-14-25(30)23(19-22)21-29/h5-7,11-14,19,26,28-31H,3-4,8-10,15-18,20-21H2,1-2H3. The largest absolute Gasteiger partial charge is 0.508 e. The third kappa shape index (κ3) is 9.29. The first-order valence-electron chi connectivity index (χ1n) is 11.9. The van der Waals surface area contributed by atoms with Gasteiger partial charge in [-0.05, 0) is 60.9 Å². The Morgan fingerprint density at radius 1 is 0.938 bits per heavy atom. The molecule has 0 amide bonds. The smallest absolute Gasteiger partial charge is 0.121 e. The summed E-state index contributed by atoms with van der Waals surface area (Å²) in [4.78, 5) is 0. The highest BCUT2D eigenvalue weighted by molar-refractivity contribution is 5.36. The fourth-order valence-corrected chi connectivity index (χ4v) is 3.86. The van der Waals surface area contributed by atoms with Gasteiger partial charge in [-0.25, -0.2) is 0 Å². The van der Waals surface area contributed by atoms with Crippen LogP contribution in [0.25, 0.3) is 0 Å².